The van der Waals surface area contributed by atoms with Crippen molar-refractivity contribution in [2.24, 2.45) is 0 Å². The van der Waals surface area contributed by atoms with Crippen molar-refractivity contribution in [3.63, 3.8) is 0 Å². The molecule has 0 aromatic heterocycles. The smallest absolute Gasteiger partial charge is 0.261 e. The van der Waals surface area contributed by atoms with Crippen molar-refractivity contribution >= 4 is 21.8 Å². The van der Waals surface area contributed by atoms with Crippen LogP contribution in [0, 0.1) is 0 Å². The number of benzene rings is 1. The van der Waals surface area contributed by atoms with Crippen LogP contribution in [0.25, 0.3) is 0 Å². The highest BCUT2D eigenvalue weighted by Gasteiger charge is 2.21. The number of ether oxygens (including phenoxy) is 1. The Morgan fingerprint density at radius 2 is 2.22 bits per heavy atom. The van der Waals surface area contributed by atoms with Gasteiger partial charge in [-0.3, -0.25) is 4.79 Å². The summed E-state index contributed by atoms with van der Waals surface area (Å²) in [4.78, 5) is 11.9. The van der Waals surface area contributed by atoms with Crippen LogP contribution in [0.1, 0.15) is 13.3 Å². The number of nitrogens with one attached hydrogen (secondary N) is 2. The van der Waals surface area contributed by atoms with Crippen molar-refractivity contribution in [3.8, 4) is 5.75 Å². The van der Waals surface area contributed by atoms with E-state index in [0.29, 0.717) is 5.75 Å². The monoisotopic (exact) mass is 312 g/mol. The number of hydrogen-bond acceptors (Lipinski definition) is 3. The first-order chi connectivity index (χ1) is 8.65. The van der Waals surface area contributed by atoms with Crippen molar-refractivity contribution < 1.29 is 9.53 Å². The van der Waals surface area contributed by atoms with E-state index in [-0.39, 0.29) is 11.9 Å². The third kappa shape index (κ3) is 3.71. The summed E-state index contributed by atoms with van der Waals surface area (Å²) in [5.41, 5.74) is 0. The van der Waals surface area contributed by atoms with Gasteiger partial charge in [-0.15, -0.1) is 0 Å². The van der Waals surface area contributed by atoms with Crippen LogP contribution < -0.4 is 15.4 Å². The molecule has 18 heavy (non-hydrogen) atoms. The Labute approximate surface area is 115 Å². The molecule has 0 spiro atoms. The van der Waals surface area contributed by atoms with Gasteiger partial charge in [0.2, 0.25) is 0 Å². The zero-order valence-electron chi connectivity index (χ0n) is 10.3. The summed E-state index contributed by atoms with van der Waals surface area (Å²) in [5, 5.41) is 6.19. The van der Waals surface area contributed by atoms with E-state index in [1.54, 1.807) is 6.92 Å². The molecular weight excluding hydrogens is 296 g/mol. The highest BCUT2D eigenvalue weighted by atomic mass is 79.9. The number of carbonyl (C=O) groups excluding carboxylic acids is 1. The summed E-state index contributed by atoms with van der Waals surface area (Å²) < 4.78 is 6.58. The molecule has 0 saturated carbocycles. The molecule has 1 aromatic carbocycles. The van der Waals surface area contributed by atoms with Crippen LogP contribution in [0.2, 0.25) is 0 Å². The van der Waals surface area contributed by atoms with Crippen LogP contribution in [0.15, 0.2) is 28.7 Å². The number of halogens is 1. The standard InChI is InChI=1S/C13H17BrN2O2/c1-9(13(17)16-11-6-7-15-8-11)18-12-4-2-10(14)3-5-12/h2-5,9,11,15H,6-8H2,1H3,(H,16,17). The Morgan fingerprint density at radius 3 is 2.83 bits per heavy atom. The molecule has 1 aliphatic heterocycles. The predicted molar refractivity (Wildman–Crippen MR) is 73.6 cm³/mol. The molecule has 4 nitrogen and oxygen atoms in total. The minimum atomic E-state index is -0.480. The summed E-state index contributed by atoms with van der Waals surface area (Å²) in [7, 11) is 0. The summed E-state index contributed by atoms with van der Waals surface area (Å²) in [6, 6.07) is 7.69. The van der Waals surface area contributed by atoms with E-state index in [2.05, 4.69) is 26.6 Å². The maximum absolute atomic E-state index is 11.9. The summed E-state index contributed by atoms with van der Waals surface area (Å²) in [5.74, 6) is 0.636. The lowest BCUT2D eigenvalue weighted by Crippen LogP contribution is -2.43. The van der Waals surface area contributed by atoms with Crippen LogP contribution in [0.4, 0.5) is 0 Å². The molecule has 0 radical (unpaired) electrons. The zero-order chi connectivity index (χ0) is 13.0. The zero-order valence-corrected chi connectivity index (χ0v) is 11.9. The maximum atomic E-state index is 11.9. The molecule has 1 heterocycles. The molecule has 5 heteroatoms. The molecule has 1 aromatic rings. The van der Waals surface area contributed by atoms with Gasteiger partial charge in [0.05, 0.1) is 0 Å². The normalized spacial score (nSPS) is 20.4. The van der Waals surface area contributed by atoms with Crippen molar-refractivity contribution in [2.45, 2.75) is 25.5 Å². The van der Waals surface area contributed by atoms with Crippen molar-refractivity contribution in [3.05, 3.63) is 28.7 Å². The fourth-order valence-electron chi connectivity index (χ4n) is 1.87. The average molecular weight is 313 g/mol. The Bertz CT molecular complexity index is 402. The van der Waals surface area contributed by atoms with E-state index in [1.807, 2.05) is 24.3 Å². The lowest BCUT2D eigenvalue weighted by atomic mass is 10.2. The predicted octanol–water partition coefficient (Wildman–Crippen LogP) is 1.69. The van der Waals surface area contributed by atoms with Gasteiger partial charge < -0.3 is 15.4 Å². The van der Waals surface area contributed by atoms with Gasteiger partial charge in [-0.1, -0.05) is 15.9 Å². The van der Waals surface area contributed by atoms with Gasteiger partial charge in [-0.2, -0.15) is 0 Å². The van der Waals surface area contributed by atoms with Crippen molar-refractivity contribution in [1.29, 1.82) is 0 Å². The second-order valence-corrected chi connectivity index (χ2v) is 5.33. The molecule has 0 aliphatic carbocycles. The number of amides is 1. The van der Waals surface area contributed by atoms with Gasteiger partial charge in [-0.05, 0) is 44.2 Å². The molecule has 98 valence electrons. The minimum Gasteiger partial charge on any atom is -0.481 e. The fourth-order valence-corrected chi connectivity index (χ4v) is 2.13. The van der Waals surface area contributed by atoms with Gasteiger partial charge in [0.25, 0.3) is 5.91 Å². The Kier molecular flexibility index (Phi) is 4.60. The summed E-state index contributed by atoms with van der Waals surface area (Å²) in [6.45, 7) is 3.57. The first kappa shape index (κ1) is 13.4. The lowest BCUT2D eigenvalue weighted by Gasteiger charge is -2.17. The van der Waals surface area contributed by atoms with Crippen molar-refractivity contribution in [2.75, 3.05) is 13.1 Å². The molecule has 1 saturated heterocycles. The minimum absolute atomic E-state index is 0.0633. The molecule has 1 amide bonds. The van der Waals surface area contributed by atoms with E-state index in [9.17, 15) is 4.79 Å². The Balaban J connectivity index is 1.84. The molecule has 1 aliphatic rings. The molecule has 2 N–H and O–H groups in total. The SMILES string of the molecule is CC(Oc1ccc(Br)cc1)C(=O)NC1CCNC1. The largest absolute Gasteiger partial charge is 0.481 e. The molecular formula is C13H17BrN2O2. The van der Waals surface area contributed by atoms with Gasteiger partial charge in [-0.25, -0.2) is 0 Å². The van der Waals surface area contributed by atoms with Gasteiger partial charge in [0, 0.05) is 17.1 Å². The van der Waals surface area contributed by atoms with Crippen molar-refractivity contribution in [1.82, 2.24) is 10.6 Å². The van der Waals surface area contributed by atoms with Crippen LogP contribution >= 0.6 is 15.9 Å². The molecule has 2 unspecified atom stereocenters. The maximum Gasteiger partial charge on any atom is 0.261 e. The van der Waals surface area contributed by atoms with Gasteiger partial charge in [0.1, 0.15) is 5.75 Å². The van der Waals surface area contributed by atoms with E-state index in [0.717, 1.165) is 24.0 Å². The van der Waals surface area contributed by atoms with E-state index >= 15 is 0 Å². The summed E-state index contributed by atoms with van der Waals surface area (Å²) in [6.07, 6.45) is 0.503. The average Bonchev–Trinajstić information content (AvgIpc) is 2.85. The molecule has 2 rings (SSSR count). The molecule has 2 atom stereocenters. The second-order valence-electron chi connectivity index (χ2n) is 4.41. The number of rotatable bonds is 4. The summed E-state index contributed by atoms with van der Waals surface area (Å²) >= 11 is 3.36. The second kappa shape index (κ2) is 6.20. The number of hydrogen-bond donors (Lipinski definition) is 2. The molecule has 0 bridgehead atoms. The quantitative estimate of drug-likeness (QED) is 0.889. The third-order valence-electron chi connectivity index (χ3n) is 2.90. The van der Waals surface area contributed by atoms with Gasteiger partial charge in [0.15, 0.2) is 6.10 Å². The first-order valence-corrected chi connectivity index (χ1v) is 6.88. The Morgan fingerprint density at radius 1 is 1.50 bits per heavy atom. The van der Waals surface area contributed by atoms with Gasteiger partial charge >= 0.3 is 0 Å². The van der Waals surface area contributed by atoms with Crippen LogP contribution in [0.5, 0.6) is 5.75 Å². The fraction of sp³-hybridized carbons (Fsp3) is 0.462. The first-order valence-electron chi connectivity index (χ1n) is 6.08. The highest BCUT2D eigenvalue weighted by molar-refractivity contribution is 9.10. The lowest BCUT2D eigenvalue weighted by molar-refractivity contribution is -0.127. The topological polar surface area (TPSA) is 50.4 Å². The number of carbonyl (C=O) groups is 1. The highest BCUT2D eigenvalue weighted by Crippen LogP contribution is 2.17. The van der Waals surface area contributed by atoms with Crippen LogP contribution in [-0.2, 0) is 4.79 Å². The third-order valence-corrected chi connectivity index (χ3v) is 3.43. The van der Waals surface area contributed by atoms with Crippen LogP contribution in [-0.4, -0.2) is 31.1 Å². The van der Waals surface area contributed by atoms with E-state index in [4.69, 9.17) is 4.74 Å². The Hall–Kier alpha value is -1.07. The molecule has 1 fully saturated rings. The van der Waals surface area contributed by atoms with E-state index < -0.39 is 6.10 Å². The van der Waals surface area contributed by atoms with E-state index in [1.165, 1.54) is 0 Å². The van der Waals surface area contributed by atoms with Crippen LogP contribution in [0.3, 0.4) is 0 Å².